The van der Waals surface area contributed by atoms with Gasteiger partial charge in [-0.25, -0.2) is 13.1 Å². The summed E-state index contributed by atoms with van der Waals surface area (Å²) >= 11 is 3.31. The molecule has 4 nitrogen and oxygen atoms in total. The molecule has 0 bridgehead atoms. The van der Waals surface area contributed by atoms with Gasteiger partial charge < -0.3 is 5.32 Å². The van der Waals surface area contributed by atoms with E-state index >= 15 is 0 Å². The molecule has 0 saturated carbocycles. The largest absolute Gasteiger partial charge is 0.316 e. The van der Waals surface area contributed by atoms with E-state index in [1.807, 2.05) is 0 Å². The third-order valence-corrected chi connectivity index (χ3v) is 5.57. The van der Waals surface area contributed by atoms with Crippen LogP contribution in [0.5, 0.6) is 0 Å². The Balaban J connectivity index is 2.19. The molecule has 2 rings (SSSR count). The van der Waals surface area contributed by atoms with Gasteiger partial charge in [-0.15, -0.1) is 0 Å². The van der Waals surface area contributed by atoms with Gasteiger partial charge in [0.2, 0.25) is 10.0 Å². The van der Waals surface area contributed by atoms with Crippen molar-refractivity contribution >= 4 is 26.0 Å². The molecule has 0 aliphatic carbocycles. The molecule has 1 aromatic rings. The van der Waals surface area contributed by atoms with E-state index in [1.165, 1.54) is 0 Å². The van der Waals surface area contributed by atoms with Crippen LogP contribution in [0.1, 0.15) is 20.3 Å². The fourth-order valence-electron chi connectivity index (χ4n) is 2.26. The second kappa shape index (κ2) is 5.52. The van der Waals surface area contributed by atoms with E-state index in [4.69, 9.17) is 0 Å². The minimum absolute atomic E-state index is 0.0394. The van der Waals surface area contributed by atoms with E-state index in [0.717, 1.165) is 24.0 Å². The maximum atomic E-state index is 12.4. The number of hydrogen-bond donors (Lipinski definition) is 2. The van der Waals surface area contributed by atoms with E-state index in [0.29, 0.717) is 4.90 Å². The van der Waals surface area contributed by atoms with Crippen molar-refractivity contribution in [3.05, 3.63) is 28.7 Å². The maximum absolute atomic E-state index is 12.4. The number of hydrogen-bond acceptors (Lipinski definition) is 3. The van der Waals surface area contributed by atoms with Gasteiger partial charge in [0.05, 0.1) is 4.90 Å². The summed E-state index contributed by atoms with van der Waals surface area (Å²) < 4.78 is 28.4. The molecule has 1 aromatic carbocycles. The van der Waals surface area contributed by atoms with Crippen LogP contribution in [0.15, 0.2) is 33.6 Å². The Morgan fingerprint density at radius 1 is 1.32 bits per heavy atom. The van der Waals surface area contributed by atoms with Crippen molar-refractivity contribution in [3.8, 4) is 0 Å². The predicted octanol–water partition coefficient (Wildman–Crippen LogP) is 2.12. The summed E-state index contributed by atoms with van der Waals surface area (Å²) in [5, 5.41) is 3.30. The number of nitrogens with one attached hydrogen (secondary N) is 2. The maximum Gasteiger partial charge on any atom is 0.240 e. The van der Waals surface area contributed by atoms with Crippen molar-refractivity contribution in [2.45, 2.75) is 31.2 Å². The standard InChI is InChI=1S/C13H19BrN2O2S/c1-13(2)9-15-8-7-12(13)16-19(17,18)11-5-3-10(14)4-6-11/h3-6,12,15-16H,7-9H2,1-2H3. The van der Waals surface area contributed by atoms with Crippen molar-refractivity contribution in [1.82, 2.24) is 10.0 Å². The smallest absolute Gasteiger partial charge is 0.240 e. The zero-order valence-corrected chi connectivity index (χ0v) is 13.5. The Morgan fingerprint density at radius 2 is 1.95 bits per heavy atom. The average molecular weight is 347 g/mol. The number of halogens is 1. The molecule has 1 atom stereocenters. The third kappa shape index (κ3) is 3.56. The number of sulfonamides is 1. The molecular formula is C13H19BrN2O2S. The van der Waals surface area contributed by atoms with Gasteiger partial charge >= 0.3 is 0 Å². The fourth-order valence-corrected chi connectivity index (χ4v) is 3.96. The van der Waals surface area contributed by atoms with Crippen LogP contribution in [0.25, 0.3) is 0 Å². The minimum Gasteiger partial charge on any atom is -0.316 e. The molecule has 106 valence electrons. The van der Waals surface area contributed by atoms with Crippen LogP contribution in [0.4, 0.5) is 0 Å². The summed E-state index contributed by atoms with van der Waals surface area (Å²) in [5.74, 6) is 0. The molecule has 0 amide bonds. The van der Waals surface area contributed by atoms with Crippen LogP contribution >= 0.6 is 15.9 Å². The quantitative estimate of drug-likeness (QED) is 0.881. The van der Waals surface area contributed by atoms with Crippen LogP contribution in [0.3, 0.4) is 0 Å². The molecule has 1 aliphatic rings. The van der Waals surface area contributed by atoms with Crippen molar-refractivity contribution in [2.75, 3.05) is 13.1 Å². The van der Waals surface area contributed by atoms with Gasteiger partial charge in [-0.2, -0.15) is 0 Å². The van der Waals surface area contributed by atoms with Crippen molar-refractivity contribution in [1.29, 1.82) is 0 Å². The molecule has 19 heavy (non-hydrogen) atoms. The Hall–Kier alpha value is -0.430. The predicted molar refractivity (Wildman–Crippen MR) is 79.5 cm³/mol. The van der Waals surface area contributed by atoms with Crippen molar-refractivity contribution in [2.24, 2.45) is 5.41 Å². The third-order valence-electron chi connectivity index (χ3n) is 3.56. The molecule has 0 aromatic heterocycles. The van der Waals surface area contributed by atoms with Gasteiger partial charge in [0.25, 0.3) is 0 Å². The highest BCUT2D eigenvalue weighted by molar-refractivity contribution is 9.10. The molecule has 1 unspecified atom stereocenters. The Labute approximate surface area is 123 Å². The number of benzene rings is 1. The first-order chi connectivity index (χ1) is 8.81. The molecule has 1 saturated heterocycles. The Bertz CT molecular complexity index is 540. The lowest BCUT2D eigenvalue weighted by Gasteiger charge is -2.39. The molecule has 0 radical (unpaired) electrons. The van der Waals surface area contributed by atoms with Gasteiger partial charge in [0.1, 0.15) is 0 Å². The van der Waals surface area contributed by atoms with Crippen LogP contribution in [-0.4, -0.2) is 27.5 Å². The Kier molecular flexibility index (Phi) is 4.35. The monoisotopic (exact) mass is 346 g/mol. The Morgan fingerprint density at radius 3 is 2.53 bits per heavy atom. The normalized spacial score (nSPS) is 23.2. The number of piperidine rings is 1. The van der Waals surface area contributed by atoms with E-state index < -0.39 is 10.0 Å². The van der Waals surface area contributed by atoms with Crippen LogP contribution in [-0.2, 0) is 10.0 Å². The molecule has 2 N–H and O–H groups in total. The summed E-state index contributed by atoms with van der Waals surface area (Å²) in [4.78, 5) is 0.310. The summed E-state index contributed by atoms with van der Waals surface area (Å²) in [7, 11) is -3.45. The van der Waals surface area contributed by atoms with E-state index in [-0.39, 0.29) is 11.5 Å². The first kappa shape index (κ1) is 15.0. The topological polar surface area (TPSA) is 58.2 Å². The van der Waals surface area contributed by atoms with Gasteiger partial charge in [-0.3, -0.25) is 0 Å². The molecule has 1 aliphatic heterocycles. The summed E-state index contributed by atoms with van der Waals surface area (Å²) in [6.07, 6.45) is 0.808. The van der Waals surface area contributed by atoms with Crippen molar-refractivity contribution < 1.29 is 8.42 Å². The highest BCUT2D eigenvalue weighted by atomic mass is 79.9. The molecule has 1 heterocycles. The van der Waals surface area contributed by atoms with Gasteiger partial charge in [0.15, 0.2) is 0 Å². The van der Waals surface area contributed by atoms with Gasteiger partial charge in [-0.1, -0.05) is 29.8 Å². The van der Waals surface area contributed by atoms with Crippen LogP contribution < -0.4 is 10.0 Å². The van der Waals surface area contributed by atoms with Crippen molar-refractivity contribution in [3.63, 3.8) is 0 Å². The zero-order valence-electron chi connectivity index (χ0n) is 11.1. The summed E-state index contributed by atoms with van der Waals surface area (Å²) in [6.45, 7) is 5.82. The van der Waals surface area contributed by atoms with E-state index in [2.05, 4.69) is 39.8 Å². The first-order valence-electron chi connectivity index (χ1n) is 6.30. The molecule has 6 heteroatoms. The molecule has 0 spiro atoms. The minimum atomic E-state index is -3.45. The van der Waals surface area contributed by atoms with E-state index in [9.17, 15) is 8.42 Å². The summed E-state index contributed by atoms with van der Waals surface area (Å²) in [5.41, 5.74) is -0.0827. The lowest BCUT2D eigenvalue weighted by Crippen LogP contribution is -2.54. The average Bonchev–Trinajstić information content (AvgIpc) is 2.32. The molecule has 1 fully saturated rings. The SMILES string of the molecule is CC1(C)CNCCC1NS(=O)(=O)c1ccc(Br)cc1. The first-order valence-corrected chi connectivity index (χ1v) is 8.57. The van der Waals surface area contributed by atoms with E-state index in [1.54, 1.807) is 24.3 Å². The van der Waals surface area contributed by atoms with Gasteiger partial charge in [-0.05, 0) is 42.6 Å². The molecular weight excluding hydrogens is 328 g/mol. The van der Waals surface area contributed by atoms with Gasteiger partial charge in [0, 0.05) is 17.1 Å². The fraction of sp³-hybridized carbons (Fsp3) is 0.538. The second-order valence-electron chi connectivity index (χ2n) is 5.58. The van der Waals surface area contributed by atoms with Crippen LogP contribution in [0, 0.1) is 5.41 Å². The second-order valence-corrected chi connectivity index (χ2v) is 8.21. The summed E-state index contributed by atoms with van der Waals surface area (Å²) in [6, 6.07) is 6.66. The lowest BCUT2D eigenvalue weighted by molar-refractivity contribution is 0.206. The highest BCUT2D eigenvalue weighted by Crippen LogP contribution is 2.26. The zero-order chi connectivity index (χ0) is 14.1. The van der Waals surface area contributed by atoms with Crippen LogP contribution in [0.2, 0.25) is 0 Å². The lowest BCUT2D eigenvalue weighted by atomic mass is 9.81. The number of rotatable bonds is 3. The highest BCUT2D eigenvalue weighted by Gasteiger charge is 2.35.